The van der Waals surface area contributed by atoms with Gasteiger partial charge in [-0.2, -0.15) is 0 Å². The van der Waals surface area contributed by atoms with Crippen LogP contribution in [0.5, 0.6) is 0 Å². The van der Waals surface area contributed by atoms with Gasteiger partial charge in [0.15, 0.2) is 0 Å². The predicted molar refractivity (Wildman–Crippen MR) is 180 cm³/mol. The molecule has 3 aromatic rings. The van der Waals surface area contributed by atoms with Gasteiger partial charge >= 0.3 is 6.03 Å². The van der Waals surface area contributed by atoms with Gasteiger partial charge in [-0.05, 0) is 80.8 Å². The van der Waals surface area contributed by atoms with Crippen molar-refractivity contribution in [3.63, 3.8) is 0 Å². The molecule has 45 heavy (non-hydrogen) atoms. The number of piperidine rings is 2. The number of urea groups is 1. The van der Waals surface area contributed by atoms with Gasteiger partial charge in [0, 0.05) is 55.6 Å². The van der Waals surface area contributed by atoms with Gasteiger partial charge in [-0.25, -0.2) is 4.79 Å². The first-order valence-corrected chi connectivity index (χ1v) is 16.8. The Kier molecular flexibility index (Phi) is 11.2. The molecule has 0 atom stereocenters. The number of carbonyl (C=O) groups is 2. The molecule has 2 saturated heterocycles. The van der Waals surface area contributed by atoms with Crippen LogP contribution in [-0.4, -0.2) is 72.7 Å². The highest BCUT2D eigenvalue weighted by atomic mass is 35.5. The van der Waals surface area contributed by atoms with E-state index in [1.54, 1.807) is 0 Å². The summed E-state index contributed by atoms with van der Waals surface area (Å²) in [7, 11) is 0. The number of hydrogen-bond donors (Lipinski definition) is 3. The molecule has 5 rings (SSSR count). The van der Waals surface area contributed by atoms with Crippen molar-refractivity contribution >= 4 is 23.5 Å². The molecule has 0 unspecified atom stereocenters. The van der Waals surface area contributed by atoms with Gasteiger partial charge in [-0.15, -0.1) is 0 Å². The fraction of sp³-hybridized carbons (Fsp3) is 0.459. The second kappa shape index (κ2) is 15.3. The molecule has 7 nitrogen and oxygen atoms in total. The number of amides is 3. The first-order valence-electron chi connectivity index (χ1n) is 16.5. The van der Waals surface area contributed by atoms with Gasteiger partial charge in [0.25, 0.3) is 0 Å². The SMILES string of the molecule is CCNC(=O)N1CCC(C(=O)NCC(CCCN2CCC(O)(c3ccc(Cl)cc3)CC2)(c2ccccc2)c2ccccc2)CC1. The Balaban J connectivity index is 1.26. The van der Waals surface area contributed by atoms with Crippen molar-refractivity contribution in [1.29, 1.82) is 0 Å². The zero-order valence-corrected chi connectivity index (χ0v) is 27.1. The third kappa shape index (κ3) is 8.07. The first-order chi connectivity index (χ1) is 21.8. The molecule has 3 aromatic carbocycles. The summed E-state index contributed by atoms with van der Waals surface area (Å²) in [4.78, 5) is 30.1. The Morgan fingerprint density at radius 2 is 1.44 bits per heavy atom. The van der Waals surface area contributed by atoms with E-state index in [0.29, 0.717) is 56.9 Å². The first kappa shape index (κ1) is 33.0. The quantitative estimate of drug-likeness (QED) is 0.245. The zero-order chi connectivity index (χ0) is 31.7. The third-order valence-electron chi connectivity index (χ3n) is 9.84. The number of nitrogens with zero attached hydrogens (tertiary/aromatic N) is 2. The largest absolute Gasteiger partial charge is 0.385 e. The van der Waals surface area contributed by atoms with Gasteiger partial charge in [0.2, 0.25) is 5.91 Å². The lowest BCUT2D eigenvalue weighted by atomic mass is 9.71. The molecular weight excluding hydrogens is 584 g/mol. The number of carbonyl (C=O) groups excluding carboxylic acids is 2. The Labute approximate surface area is 273 Å². The van der Waals surface area contributed by atoms with Gasteiger partial charge in [0.1, 0.15) is 0 Å². The average molecular weight is 631 g/mol. The van der Waals surface area contributed by atoms with E-state index < -0.39 is 5.60 Å². The molecule has 0 saturated carbocycles. The highest BCUT2D eigenvalue weighted by Gasteiger charge is 2.37. The zero-order valence-electron chi connectivity index (χ0n) is 26.4. The van der Waals surface area contributed by atoms with Crippen LogP contribution in [0.2, 0.25) is 5.02 Å². The van der Waals surface area contributed by atoms with E-state index in [-0.39, 0.29) is 23.3 Å². The molecule has 3 amide bonds. The fourth-order valence-electron chi connectivity index (χ4n) is 7.05. The van der Waals surface area contributed by atoms with Crippen LogP contribution in [0.4, 0.5) is 4.79 Å². The smallest absolute Gasteiger partial charge is 0.317 e. The highest BCUT2D eigenvalue weighted by Crippen LogP contribution is 2.38. The molecule has 240 valence electrons. The van der Waals surface area contributed by atoms with Crippen LogP contribution in [0.15, 0.2) is 84.9 Å². The summed E-state index contributed by atoms with van der Waals surface area (Å²) in [6.45, 7) is 6.79. The lowest BCUT2D eigenvalue weighted by molar-refractivity contribution is -0.126. The predicted octanol–water partition coefficient (Wildman–Crippen LogP) is 5.95. The van der Waals surface area contributed by atoms with Crippen LogP contribution < -0.4 is 10.6 Å². The van der Waals surface area contributed by atoms with Crippen molar-refractivity contribution in [1.82, 2.24) is 20.4 Å². The average Bonchev–Trinajstić information content (AvgIpc) is 3.08. The van der Waals surface area contributed by atoms with Crippen molar-refractivity contribution < 1.29 is 14.7 Å². The minimum Gasteiger partial charge on any atom is -0.385 e. The summed E-state index contributed by atoms with van der Waals surface area (Å²) < 4.78 is 0. The van der Waals surface area contributed by atoms with Crippen LogP contribution in [0.25, 0.3) is 0 Å². The van der Waals surface area contributed by atoms with Crippen LogP contribution >= 0.6 is 11.6 Å². The second-order valence-electron chi connectivity index (χ2n) is 12.6. The van der Waals surface area contributed by atoms with Crippen molar-refractivity contribution in [3.8, 4) is 0 Å². The highest BCUT2D eigenvalue weighted by molar-refractivity contribution is 6.30. The minimum atomic E-state index is -0.820. The molecule has 0 aliphatic carbocycles. The Hall–Kier alpha value is -3.39. The molecule has 0 aromatic heterocycles. The van der Waals surface area contributed by atoms with Crippen molar-refractivity contribution in [3.05, 3.63) is 107 Å². The third-order valence-corrected chi connectivity index (χ3v) is 10.1. The molecule has 2 aliphatic heterocycles. The maximum Gasteiger partial charge on any atom is 0.317 e. The van der Waals surface area contributed by atoms with E-state index >= 15 is 0 Å². The summed E-state index contributed by atoms with van der Waals surface area (Å²) >= 11 is 6.08. The van der Waals surface area contributed by atoms with Crippen molar-refractivity contribution in [2.24, 2.45) is 5.92 Å². The molecule has 2 aliphatic rings. The number of benzene rings is 3. The molecule has 0 spiro atoms. The molecular formula is C37H47ClN4O3. The maximum absolute atomic E-state index is 13.6. The standard InChI is InChI=1S/C37H47ClN4O3/c1-2-39-35(44)42-24-18-29(19-25-42)34(43)40-28-36(30-10-5-3-6-11-30,31-12-7-4-8-13-31)20-9-23-41-26-21-37(45,22-27-41)32-14-16-33(38)17-15-32/h3-8,10-17,29,45H,2,9,18-28H2,1H3,(H,39,44)(H,40,43). The Bertz CT molecular complexity index is 1330. The second-order valence-corrected chi connectivity index (χ2v) is 13.0. The van der Waals surface area contributed by atoms with E-state index in [4.69, 9.17) is 11.6 Å². The van der Waals surface area contributed by atoms with E-state index in [9.17, 15) is 14.7 Å². The topological polar surface area (TPSA) is 84.9 Å². The summed E-state index contributed by atoms with van der Waals surface area (Å²) in [5.41, 5.74) is 2.11. The van der Waals surface area contributed by atoms with E-state index in [1.165, 1.54) is 11.1 Å². The Morgan fingerprint density at radius 1 is 0.867 bits per heavy atom. The number of aliphatic hydroxyl groups is 1. The van der Waals surface area contributed by atoms with Crippen LogP contribution in [0.1, 0.15) is 62.1 Å². The van der Waals surface area contributed by atoms with Crippen LogP contribution in [-0.2, 0) is 15.8 Å². The fourth-order valence-corrected chi connectivity index (χ4v) is 7.18. The molecule has 2 fully saturated rings. The summed E-state index contributed by atoms with van der Waals surface area (Å²) in [6, 6.07) is 28.6. The normalized spacial score (nSPS) is 17.5. The minimum absolute atomic E-state index is 0.0492. The lowest BCUT2D eigenvalue weighted by Gasteiger charge is -2.40. The number of hydrogen-bond acceptors (Lipinski definition) is 4. The number of halogens is 1. The number of rotatable bonds is 11. The maximum atomic E-state index is 13.6. The molecule has 2 heterocycles. The van der Waals surface area contributed by atoms with Crippen LogP contribution in [0.3, 0.4) is 0 Å². The van der Waals surface area contributed by atoms with E-state index in [0.717, 1.165) is 38.0 Å². The molecule has 3 N–H and O–H groups in total. The Morgan fingerprint density at radius 3 is 2.00 bits per heavy atom. The molecule has 0 radical (unpaired) electrons. The van der Waals surface area contributed by atoms with E-state index in [1.807, 2.05) is 48.2 Å². The van der Waals surface area contributed by atoms with E-state index in [2.05, 4.69) is 64.1 Å². The monoisotopic (exact) mass is 630 g/mol. The van der Waals surface area contributed by atoms with Gasteiger partial charge < -0.3 is 25.5 Å². The molecule has 8 heteroatoms. The number of nitrogens with one attached hydrogen (secondary N) is 2. The van der Waals surface area contributed by atoms with Crippen molar-refractivity contribution in [2.45, 2.75) is 56.5 Å². The summed E-state index contributed by atoms with van der Waals surface area (Å²) in [6.07, 6.45) is 4.53. The number of likely N-dealkylation sites (tertiary alicyclic amines) is 2. The van der Waals surface area contributed by atoms with Gasteiger partial charge in [-0.1, -0.05) is 84.4 Å². The van der Waals surface area contributed by atoms with Gasteiger partial charge in [0.05, 0.1) is 5.60 Å². The summed E-state index contributed by atoms with van der Waals surface area (Å²) in [5.74, 6) is -0.0352. The van der Waals surface area contributed by atoms with Crippen molar-refractivity contribution in [2.75, 3.05) is 45.8 Å². The van der Waals surface area contributed by atoms with Gasteiger partial charge in [-0.3, -0.25) is 4.79 Å². The molecule has 0 bridgehead atoms. The lowest BCUT2D eigenvalue weighted by Crippen LogP contribution is -2.49. The summed E-state index contributed by atoms with van der Waals surface area (Å²) in [5, 5.41) is 18.3. The van der Waals surface area contributed by atoms with Crippen LogP contribution in [0, 0.1) is 5.92 Å².